The van der Waals surface area contributed by atoms with Gasteiger partial charge in [-0.3, -0.25) is 4.18 Å². The summed E-state index contributed by atoms with van der Waals surface area (Å²) in [4.78, 5) is 21.1. The van der Waals surface area contributed by atoms with Gasteiger partial charge in [0.15, 0.2) is 0 Å². The molecule has 0 spiro atoms. The summed E-state index contributed by atoms with van der Waals surface area (Å²) in [6.45, 7) is 12.2. The van der Waals surface area contributed by atoms with Crippen molar-refractivity contribution in [2.45, 2.75) is 0 Å². The van der Waals surface area contributed by atoms with Crippen LogP contribution in [0.3, 0.4) is 0 Å². The molecule has 0 heterocycles. The van der Waals surface area contributed by atoms with Gasteiger partial charge >= 0.3 is 11.9 Å². The van der Waals surface area contributed by atoms with Gasteiger partial charge in [-0.1, -0.05) is 13.2 Å². The second kappa shape index (κ2) is 19.7. The molecule has 12 heteroatoms. The third kappa shape index (κ3) is 52.3. The van der Waals surface area contributed by atoms with Gasteiger partial charge < -0.3 is 28.7 Å². The molecule has 0 aromatic rings. The summed E-state index contributed by atoms with van der Waals surface area (Å²) in [6.07, 6.45) is 3.35. The van der Waals surface area contributed by atoms with E-state index in [1.807, 2.05) is 42.3 Å². The number of hydrogen-bond donors (Lipinski definition) is 0. The molecule has 1 N–H and O–H groups in total. The standard InChI is InChI=1S/2C8H16NO2.C2H4N.CH4O4S/c2*1-5-8(10)11-7-6-9(2,3)4;1-2-3;1-5-6(2,3)4/h2*5H,1,6-7H2,2-4H3;2-3H,1H2;1H3,(H,2,3,4)/q2*+1;-1;/p-1. The number of quaternary nitrogens is 2. The number of ether oxygens (including phenoxy) is 2. The summed E-state index contributed by atoms with van der Waals surface area (Å²) < 4.78 is 42.2. The number of nitrogens with zero attached hydrogens (tertiary/aromatic N) is 2. The summed E-state index contributed by atoms with van der Waals surface area (Å²) in [7, 11) is 8.66. The van der Waals surface area contributed by atoms with Crippen LogP contribution in [0.1, 0.15) is 0 Å². The van der Waals surface area contributed by atoms with Crippen molar-refractivity contribution in [3.63, 3.8) is 0 Å². The van der Waals surface area contributed by atoms with Crippen LogP contribution in [0.5, 0.6) is 0 Å². The minimum Gasteiger partial charge on any atom is -0.726 e. The zero-order chi connectivity index (χ0) is 25.7. The maximum Gasteiger partial charge on any atom is 0.330 e. The van der Waals surface area contributed by atoms with Crippen LogP contribution in [0.15, 0.2) is 38.1 Å². The molecular formula is C19H39N3O8S. The summed E-state index contributed by atoms with van der Waals surface area (Å²) >= 11 is 0. The Morgan fingerprint density at radius 1 is 0.871 bits per heavy atom. The van der Waals surface area contributed by atoms with Crippen LogP contribution in [0.2, 0.25) is 0 Å². The first kappa shape index (κ1) is 36.1. The van der Waals surface area contributed by atoms with Crippen molar-refractivity contribution in [2.75, 3.05) is 75.7 Å². The second-order valence-corrected chi connectivity index (χ2v) is 8.70. The lowest BCUT2D eigenvalue weighted by Gasteiger charge is -2.23. The number of likely N-dealkylation sites (N-methyl/N-ethyl adjacent to an activating group) is 2. The lowest BCUT2D eigenvalue weighted by molar-refractivity contribution is -0.870. The smallest absolute Gasteiger partial charge is 0.330 e. The van der Waals surface area contributed by atoms with Crippen LogP contribution in [0, 0.1) is 0 Å². The molecule has 0 aliphatic rings. The van der Waals surface area contributed by atoms with Crippen molar-refractivity contribution in [1.82, 2.24) is 0 Å². The number of esters is 2. The Hall–Kier alpha value is -2.25. The van der Waals surface area contributed by atoms with E-state index in [0.717, 1.165) is 35.4 Å². The molecule has 0 radical (unpaired) electrons. The van der Waals surface area contributed by atoms with Gasteiger partial charge in [0.2, 0.25) is 10.4 Å². The summed E-state index contributed by atoms with van der Waals surface area (Å²) in [5.41, 5.74) is 5.97. The Bertz CT molecular complexity index is 585. The van der Waals surface area contributed by atoms with Crippen LogP contribution in [0.25, 0.3) is 5.73 Å². The Morgan fingerprint density at radius 2 is 1.10 bits per heavy atom. The minimum absolute atomic E-state index is 0.349. The van der Waals surface area contributed by atoms with Gasteiger partial charge in [0, 0.05) is 12.2 Å². The van der Waals surface area contributed by atoms with E-state index in [1.54, 1.807) is 0 Å². The second-order valence-electron chi connectivity index (χ2n) is 7.55. The first-order valence-corrected chi connectivity index (χ1v) is 10.2. The van der Waals surface area contributed by atoms with E-state index >= 15 is 0 Å². The van der Waals surface area contributed by atoms with Crippen LogP contribution < -0.4 is 0 Å². The first-order valence-electron chi connectivity index (χ1n) is 8.88. The summed E-state index contributed by atoms with van der Waals surface area (Å²) in [6, 6.07) is 0. The Morgan fingerprint density at radius 3 is 1.23 bits per heavy atom. The van der Waals surface area contributed by atoms with Gasteiger partial charge in [-0.2, -0.15) is 6.20 Å². The van der Waals surface area contributed by atoms with E-state index in [1.165, 1.54) is 12.2 Å². The molecule has 11 nitrogen and oxygen atoms in total. The molecule has 0 aliphatic heterocycles. The third-order valence-corrected chi connectivity index (χ3v) is 2.96. The van der Waals surface area contributed by atoms with Gasteiger partial charge in [0.05, 0.1) is 49.4 Å². The Labute approximate surface area is 187 Å². The molecule has 0 rings (SSSR count). The fraction of sp³-hybridized carbons (Fsp3) is 0.579. The summed E-state index contributed by atoms with van der Waals surface area (Å²) in [5, 5.41) is 0. The van der Waals surface area contributed by atoms with Crippen molar-refractivity contribution in [2.24, 2.45) is 0 Å². The average Bonchev–Trinajstić information content (AvgIpc) is 2.60. The van der Waals surface area contributed by atoms with E-state index in [-0.39, 0.29) is 11.9 Å². The molecule has 0 atom stereocenters. The quantitative estimate of drug-likeness (QED) is 0.161. The van der Waals surface area contributed by atoms with Crippen molar-refractivity contribution in [1.29, 1.82) is 0 Å². The summed E-state index contributed by atoms with van der Waals surface area (Å²) in [5.74, 6) is -0.697. The van der Waals surface area contributed by atoms with Gasteiger partial charge in [-0.05, 0) is 0 Å². The lowest BCUT2D eigenvalue weighted by Crippen LogP contribution is -2.37. The molecule has 0 saturated heterocycles. The highest BCUT2D eigenvalue weighted by Gasteiger charge is 2.07. The third-order valence-electron chi connectivity index (χ3n) is 2.55. The topological polar surface area (TPSA) is 143 Å². The first-order chi connectivity index (χ1) is 13.9. The van der Waals surface area contributed by atoms with Crippen molar-refractivity contribution in [3.05, 3.63) is 43.8 Å². The van der Waals surface area contributed by atoms with Crippen molar-refractivity contribution in [3.8, 4) is 0 Å². The fourth-order valence-corrected chi connectivity index (χ4v) is 0.958. The predicted molar refractivity (Wildman–Crippen MR) is 119 cm³/mol. The molecule has 184 valence electrons. The van der Waals surface area contributed by atoms with Crippen LogP contribution in [-0.2, 0) is 33.6 Å². The number of carbonyl (C=O) groups is 2. The van der Waals surface area contributed by atoms with Gasteiger partial charge in [0.25, 0.3) is 0 Å². The van der Waals surface area contributed by atoms with Crippen molar-refractivity contribution >= 4 is 22.3 Å². The van der Waals surface area contributed by atoms with Crippen LogP contribution in [0.4, 0.5) is 0 Å². The maximum atomic E-state index is 10.6. The van der Waals surface area contributed by atoms with Crippen molar-refractivity contribution < 1.29 is 45.2 Å². The normalized spacial score (nSPS) is 10.3. The Kier molecular flexibility index (Phi) is 23.0. The zero-order valence-electron chi connectivity index (χ0n) is 19.8. The predicted octanol–water partition coefficient (Wildman–Crippen LogP) is 1.12. The zero-order valence-corrected chi connectivity index (χ0v) is 20.6. The highest BCUT2D eigenvalue weighted by Crippen LogP contribution is 1.90. The molecule has 0 saturated carbocycles. The van der Waals surface area contributed by atoms with Gasteiger partial charge in [-0.25, -0.2) is 18.0 Å². The minimum atomic E-state index is -4.41. The molecule has 0 aliphatic carbocycles. The van der Waals surface area contributed by atoms with E-state index in [0.29, 0.717) is 13.2 Å². The number of nitrogens with one attached hydrogen (secondary N) is 1. The number of carbonyl (C=O) groups excluding carboxylic acids is 2. The van der Waals surface area contributed by atoms with E-state index < -0.39 is 10.4 Å². The molecule has 0 unspecified atom stereocenters. The molecule has 31 heavy (non-hydrogen) atoms. The highest BCUT2D eigenvalue weighted by atomic mass is 32.3. The van der Waals surface area contributed by atoms with E-state index in [2.05, 4.69) is 23.9 Å². The fourth-order valence-electron chi connectivity index (χ4n) is 0.958. The molecule has 0 aromatic carbocycles. The SMILES string of the molecule is C=CC(=O)OCC[N+](C)(C)C.C=CC(=O)OCC[N+](C)(C)C.C=C[NH-].COS(=O)(=O)[O-]. The lowest BCUT2D eigenvalue weighted by atomic mass is 10.5. The van der Waals surface area contributed by atoms with E-state index in [4.69, 9.17) is 15.2 Å². The Balaban J connectivity index is -0.000000172. The molecule has 0 amide bonds. The molecular weight excluding hydrogens is 430 g/mol. The monoisotopic (exact) mass is 469 g/mol. The molecule has 0 fully saturated rings. The van der Waals surface area contributed by atoms with E-state index in [9.17, 15) is 22.6 Å². The number of hydrogen-bond acceptors (Lipinski definition) is 8. The molecule has 0 bridgehead atoms. The van der Waals surface area contributed by atoms with Gasteiger partial charge in [0.1, 0.15) is 26.3 Å². The largest absolute Gasteiger partial charge is 0.726 e. The highest BCUT2D eigenvalue weighted by molar-refractivity contribution is 7.80. The van der Waals surface area contributed by atoms with Crippen LogP contribution >= 0.6 is 0 Å². The maximum absolute atomic E-state index is 10.6. The van der Waals surface area contributed by atoms with Crippen LogP contribution in [-0.4, -0.2) is 110 Å². The molecule has 0 aromatic heterocycles. The number of rotatable bonds is 9. The van der Waals surface area contributed by atoms with Gasteiger partial charge in [-0.15, -0.1) is 6.58 Å². The average molecular weight is 470 g/mol.